The van der Waals surface area contributed by atoms with Crippen molar-refractivity contribution in [3.63, 3.8) is 0 Å². The van der Waals surface area contributed by atoms with E-state index in [-0.39, 0.29) is 5.92 Å². The molecule has 2 aromatic carbocycles. The van der Waals surface area contributed by atoms with Gasteiger partial charge in [-0.25, -0.2) is 0 Å². The number of rotatable bonds is 2. The first-order valence-corrected chi connectivity index (χ1v) is 6.35. The number of benzene rings is 2. The molecule has 0 radical (unpaired) electrons. The van der Waals surface area contributed by atoms with Gasteiger partial charge in [-0.15, -0.1) is 0 Å². The molecule has 0 fully saturated rings. The second kappa shape index (κ2) is 5.09. The van der Waals surface area contributed by atoms with Crippen LogP contribution in [0.5, 0.6) is 0 Å². The van der Waals surface area contributed by atoms with Crippen LogP contribution in [0.3, 0.4) is 0 Å². The predicted molar refractivity (Wildman–Crippen MR) is 79.2 cm³/mol. The maximum absolute atomic E-state index is 6.03. The molecule has 18 heavy (non-hydrogen) atoms. The summed E-state index contributed by atoms with van der Waals surface area (Å²) in [6.07, 6.45) is 0. The zero-order chi connectivity index (χ0) is 13.3. The fraction of sp³-hybridized carbons (Fsp3) is 0.143. The van der Waals surface area contributed by atoms with Crippen molar-refractivity contribution in [2.24, 2.45) is 0 Å². The molecule has 4 heteroatoms. The molecule has 4 N–H and O–H groups in total. The molecule has 0 atom stereocenters. The molecule has 0 spiro atoms. The molecule has 0 aliphatic rings. The lowest BCUT2D eigenvalue weighted by Crippen LogP contribution is -2.04. The lowest BCUT2D eigenvalue weighted by Gasteiger charge is -2.18. The third-order valence-electron chi connectivity index (χ3n) is 3.11. The summed E-state index contributed by atoms with van der Waals surface area (Å²) in [6, 6.07) is 11.2. The highest BCUT2D eigenvalue weighted by molar-refractivity contribution is 6.33. The topological polar surface area (TPSA) is 52.0 Å². The van der Waals surface area contributed by atoms with Crippen LogP contribution in [0, 0.1) is 0 Å². The first kappa shape index (κ1) is 13.1. The summed E-state index contributed by atoms with van der Waals surface area (Å²) in [5.74, 6) is 0.0439. The van der Waals surface area contributed by atoms with Crippen LogP contribution in [-0.2, 0) is 0 Å². The normalized spacial score (nSPS) is 10.9. The number of hydrogen-bond donors (Lipinski definition) is 2. The third kappa shape index (κ3) is 2.26. The number of hydrogen-bond acceptors (Lipinski definition) is 2. The van der Waals surface area contributed by atoms with E-state index in [9.17, 15) is 0 Å². The number of halogens is 2. The third-order valence-corrected chi connectivity index (χ3v) is 3.77. The van der Waals surface area contributed by atoms with Crippen LogP contribution in [0.2, 0.25) is 10.0 Å². The summed E-state index contributed by atoms with van der Waals surface area (Å²) >= 11 is 12.1. The summed E-state index contributed by atoms with van der Waals surface area (Å²) in [6.45, 7) is 2.03. The van der Waals surface area contributed by atoms with Gasteiger partial charge in [0.15, 0.2) is 0 Å². The molecule has 2 nitrogen and oxygen atoms in total. The molecule has 0 aliphatic carbocycles. The van der Waals surface area contributed by atoms with Gasteiger partial charge in [0, 0.05) is 5.92 Å². The second-order valence-electron chi connectivity index (χ2n) is 4.21. The standard InChI is InChI=1S/C14H14Cl2N2/c1-8(9-4-2-6-11(15)13(9)17)10-5-3-7-12(16)14(10)18/h2-8H,17-18H2,1H3. The van der Waals surface area contributed by atoms with Crippen molar-refractivity contribution in [1.29, 1.82) is 0 Å². The van der Waals surface area contributed by atoms with E-state index in [1.807, 2.05) is 31.2 Å². The molecule has 2 aromatic rings. The Morgan fingerprint density at radius 2 is 1.22 bits per heavy atom. The molecular formula is C14H14Cl2N2. The Labute approximate surface area is 117 Å². The van der Waals surface area contributed by atoms with E-state index < -0.39 is 0 Å². The molecule has 0 bridgehead atoms. The van der Waals surface area contributed by atoms with Gasteiger partial charge in [-0.3, -0.25) is 0 Å². The van der Waals surface area contributed by atoms with Gasteiger partial charge in [0.05, 0.1) is 21.4 Å². The molecule has 0 aliphatic heterocycles. The number of anilines is 2. The van der Waals surface area contributed by atoms with E-state index in [4.69, 9.17) is 34.7 Å². The largest absolute Gasteiger partial charge is 0.397 e. The van der Waals surface area contributed by atoms with E-state index in [0.717, 1.165) is 11.1 Å². The Morgan fingerprint density at radius 1 is 0.833 bits per heavy atom. The van der Waals surface area contributed by atoms with Gasteiger partial charge in [0.1, 0.15) is 0 Å². The molecule has 2 rings (SSSR count). The van der Waals surface area contributed by atoms with E-state index in [1.165, 1.54) is 0 Å². The van der Waals surface area contributed by atoms with Crippen LogP contribution in [0.4, 0.5) is 11.4 Å². The van der Waals surface area contributed by atoms with Crippen LogP contribution in [-0.4, -0.2) is 0 Å². The van der Waals surface area contributed by atoms with Crippen molar-refractivity contribution in [3.05, 3.63) is 57.6 Å². The van der Waals surface area contributed by atoms with Crippen molar-refractivity contribution in [2.75, 3.05) is 11.5 Å². The Balaban J connectivity index is 2.51. The first-order valence-electron chi connectivity index (χ1n) is 5.60. The van der Waals surface area contributed by atoms with Gasteiger partial charge in [0.25, 0.3) is 0 Å². The molecule has 0 saturated carbocycles. The zero-order valence-corrected chi connectivity index (χ0v) is 11.5. The summed E-state index contributed by atoms with van der Waals surface area (Å²) in [5, 5.41) is 1.11. The van der Waals surface area contributed by atoms with Gasteiger partial charge in [-0.1, -0.05) is 54.4 Å². The number of para-hydroxylation sites is 2. The van der Waals surface area contributed by atoms with Crippen LogP contribution < -0.4 is 11.5 Å². The smallest absolute Gasteiger partial charge is 0.0638 e. The van der Waals surface area contributed by atoms with E-state index in [2.05, 4.69) is 0 Å². The fourth-order valence-corrected chi connectivity index (χ4v) is 2.39. The Bertz CT molecular complexity index is 531. The highest BCUT2D eigenvalue weighted by Crippen LogP contribution is 2.36. The second-order valence-corrected chi connectivity index (χ2v) is 5.02. The molecule has 0 saturated heterocycles. The molecular weight excluding hydrogens is 267 g/mol. The number of nitrogens with two attached hydrogens (primary N) is 2. The Hall–Kier alpha value is -1.38. The Kier molecular flexibility index (Phi) is 3.69. The van der Waals surface area contributed by atoms with Crippen LogP contribution in [0.25, 0.3) is 0 Å². The fourth-order valence-electron chi connectivity index (χ4n) is 2.03. The van der Waals surface area contributed by atoms with Crippen LogP contribution in [0.1, 0.15) is 24.0 Å². The van der Waals surface area contributed by atoms with E-state index >= 15 is 0 Å². The lowest BCUT2D eigenvalue weighted by atomic mass is 9.91. The minimum atomic E-state index is 0.0439. The molecule has 0 aromatic heterocycles. The Morgan fingerprint density at radius 3 is 1.61 bits per heavy atom. The summed E-state index contributed by atoms with van der Waals surface area (Å²) in [7, 11) is 0. The summed E-state index contributed by atoms with van der Waals surface area (Å²) < 4.78 is 0. The molecule has 0 amide bonds. The minimum Gasteiger partial charge on any atom is -0.397 e. The average Bonchev–Trinajstić information content (AvgIpc) is 2.35. The average molecular weight is 281 g/mol. The van der Waals surface area contributed by atoms with E-state index in [1.54, 1.807) is 12.1 Å². The molecule has 94 valence electrons. The summed E-state index contributed by atoms with van der Waals surface area (Å²) in [5.41, 5.74) is 15.1. The van der Waals surface area contributed by atoms with Crippen molar-refractivity contribution in [2.45, 2.75) is 12.8 Å². The van der Waals surface area contributed by atoms with Crippen molar-refractivity contribution >= 4 is 34.6 Å². The molecule has 0 unspecified atom stereocenters. The lowest BCUT2D eigenvalue weighted by molar-refractivity contribution is 0.929. The van der Waals surface area contributed by atoms with E-state index in [0.29, 0.717) is 21.4 Å². The van der Waals surface area contributed by atoms with Crippen LogP contribution >= 0.6 is 23.2 Å². The van der Waals surface area contributed by atoms with Gasteiger partial charge in [0.2, 0.25) is 0 Å². The van der Waals surface area contributed by atoms with Gasteiger partial charge >= 0.3 is 0 Å². The first-order chi connectivity index (χ1) is 8.52. The molecule has 0 heterocycles. The maximum Gasteiger partial charge on any atom is 0.0638 e. The number of nitrogen functional groups attached to an aromatic ring is 2. The highest BCUT2D eigenvalue weighted by Gasteiger charge is 2.16. The zero-order valence-electron chi connectivity index (χ0n) is 9.95. The van der Waals surface area contributed by atoms with Crippen molar-refractivity contribution in [1.82, 2.24) is 0 Å². The predicted octanol–water partition coefficient (Wildman–Crippen LogP) is 4.31. The van der Waals surface area contributed by atoms with Gasteiger partial charge in [-0.2, -0.15) is 0 Å². The van der Waals surface area contributed by atoms with Crippen molar-refractivity contribution < 1.29 is 0 Å². The van der Waals surface area contributed by atoms with Crippen LogP contribution in [0.15, 0.2) is 36.4 Å². The SMILES string of the molecule is CC(c1cccc(Cl)c1N)c1cccc(Cl)c1N. The maximum atomic E-state index is 6.03. The van der Waals surface area contributed by atoms with Gasteiger partial charge < -0.3 is 11.5 Å². The minimum absolute atomic E-state index is 0.0439. The summed E-state index contributed by atoms with van der Waals surface area (Å²) in [4.78, 5) is 0. The monoisotopic (exact) mass is 280 g/mol. The highest BCUT2D eigenvalue weighted by atomic mass is 35.5. The quantitative estimate of drug-likeness (QED) is 0.806. The van der Waals surface area contributed by atoms with Crippen molar-refractivity contribution in [3.8, 4) is 0 Å². The van der Waals surface area contributed by atoms with Gasteiger partial charge in [-0.05, 0) is 23.3 Å².